The molecule has 0 aliphatic carbocycles. The molecule has 0 aromatic heterocycles. The third-order valence-electron chi connectivity index (χ3n) is 0. The average molecular weight is 101 g/mol. The molecule has 0 amide bonds. The predicted molar refractivity (Wildman–Crippen MR) is 30.6 cm³/mol. The first kappa shape index (κ1) is 37.1. The topological polar surface area (TPSA) is 31.5 Å². The molecule has 0 aromatic rings. The lowest BCUT2D eigenvalue weighted by Crippen LogP contribution is -0.382. The maximum Gasteiger partial charge on any atom is 0.316 e. The molecule has 0 radical (unpaired) electrons. The summed E-state index contributed by atoms with van der Waals surface area (Å²) in [5.74, 6) is 0. The van der Waals surface area contributed by atoms with Gasteiger partial charge in [0.05, 0.1) is 0 Å². The van der Waals surface area contributed by atoms with Crippen molar-refractivity contribution in [2.75, 3.05) is 0 Å². The standard InChI is InChI=1S/Al.2Mg.H2O.7H/h;;;1H2;;;;;;;. The number of hydrogen-bond acceptors (Lipinski definition) is 0. The Hall–Kier alpha value is 2.02. The second-order valence-electron chi connectivity index (χ2n) is 0. The smallest absolute Gasteiger partial charge is 0.316 e. The summed E-state index contributed by atoms with van der Waals surface area (Å²) in [5, 5.41) is 0. The van der Waals surface area contributed by atoms with Gasteiger partial charge in [0.2, 0.25) is 0 Å². The van der Waals surface area contributed by atoms with Crippen molar-refractivity contribution in [2.45, 2.75) is 0 Å². The molecule has 2 N–H and O–H groups in total. The summed E-state index contributed by atoms with van der Waals surface area (Å²) in [5.41, 5.74) is 0. The lowest BCUT2D eigenvalue weighted by molar-refractivity contribution is 0.824. The van der Waals surface area contributed by atoms with Crippen molar-refractivity contribution < 1.29 is 5.48 Å². The normalized spacial score (nSPS) is 0. The van der Waals surface area contributed by atoms with Crippen LogP contribution in [0, 0.1) is 0 Å². The van der Waals surface area contributed by atoms with E-state index in [1.165, 1.54) is 0 Å². The van der Waals surface area contributed by atoms with Gasteiger partial charge in [0.1, 0.15) is 0 Å². The van der Waals surface area contributed by atoms with Crippen molar-refractivity contribution >= 4 is 63.5 Å². The molecule has 0 heterocycles. The van der Waals surface area contributed by atoms with Crippen LogP contribution in [0.4, 0.5) is 0 Å². The van der Waals surface area contributed by atoms with E-state index >= 15 is 0 Å². The Morgan fingerprint density at radius 3 is 0.750 bits per heavy atom. The molecule has 0 fully saturated rings. The Kier molecular flexibility index (Phi) is 184. The van der Waals surface area contributed by atoms with Crippen LogP contribution in [-0.2, 0) is 0 Å². The lowest BCUT2D eigenvalue weighted by Gasteiger charge is -0.412. The summed E-state index contributed by atoms with van der Waals surface area (Å²) in [6.07, 6.45) is 0. The van der Waals surface area contributed by atoms with E-state index in [1.54, 1.807) is 0 Å². The summed E-state index contributed by atoms with van der Waals surface area (Å²) >= 11 is 0. The highest BCUT2D eigenvalue weighted by Gasteiger charge is 0.317. The Morgan fingerprint density at radius 1 is 0.750 bits per heavy atom. The Balaban J connectivity index is 0. The molecule has 0 unspecified atom stereocenters. The molecule has 0 saturated heterocycles. The van der Waals surface area contributed by atoms with Crippen molar-refractivity contribution in [3.8, 4) is 0 Å². The van der Waals surface area contributed by atoms with Crippen molar-refractivity contribution in [1.82, 2.24) is 0 Å². The quantitative estimate of drug-likeness (QED) is 0.280. The maximum atomic E-state index is 0. The van der Waals surface area contributed by atoms with Gasteiger partial charge < -0.3 is 5.48 Å². The predicted octanol–water partition coefficient (Wildman–Crippen LogP) is -3.84. The SMILES string of the molecule is O.[AlH3].[MgH2].[MgH2]. The minimum absolute atomic E-state index is 0. The van der Waals surface area contributed by atoms with Crippen LogP contribution < -0.4 is 0 Å². The molecule has 4 heavy (non-hydrogen) atoms. The van der Waals surface area contributed by atoms with Gasteiger partial charge in [-0.15, -0.1) is 0 Å². The van der Waals surface area contributed by atoms with Gasteiger partial charge in [0, 0.05) is 0 Å². The zero-order valence-corrected chi connectivity index (χ0v) is 0.500. The summed E-state index contributed by atoms with van der Waals surface area (Å²) in [4.78, 5) is 0. The molecular weight excluding hydrogens is 91.6 g/mol. The van der Waals surface area contributed by atoms with Gasteiger partial charge in [-0.25, -0.2) is 0 Å². The van der Waals surface area contributed by atoms with Crippen molar-refractivity contribution in [3.05, 3.63) is 0 Å². The van der Waals surface area contributed by atoms with Crippen LogP contribution in [-0.4, -0.2) is 68.9 Å². The van der Waals surface area contributed by atoms with E-state index in [-0.39, 0.29) is 68.9 Å². The van der Waals surface area contributed by atoms with Crippen LogP contribution in [0.5, 0.6) is 0 Å². The average Bonchev–Trinajstić information content (AvgIpc) is 0. The minimum atomic E-state index is 0. The molecule has 0 aliphatic heterocycles. The van der Waals surface area contributed by atoms with Crippen LogP contribution in [0.3, 0.4) is 0 Å². The first-order valence-corrected chi connectivity index (χ1v) is 0. The van der Waals surface area contributed by atoms with Gasteiger partial charge >= 0.3 is 46.1 Å². The van der Waals surface area contributed by atoms with E-state index in [2.05, 4.69) is 0 Å². The van der Waals surface area contributed by atoms with Crippen LogP contribution in [0.2, 0.25) is 0 Å². The molecule has 0 bridgehead atoms. The molecule has 0 spiro atoms. The fourth-order valence-electron chi connectivity index (χ4n) is 0. The zero-order chi connectivity index (χ0) is 0. The van der Waals surface area contributed by atoms with Gasteiger partial charge in [-0.2, -0.15) is 0 Å². The van der Waals surface area contributed by atoms with Crippen LogP contribution in [0.1, 0.15) is 0 Å². The number of hydrogen-bond donors (Lipinski definition) is 0. The zero-order valence-electron chi connectivity index (χ0n) is 0.500. The Morgan fingerprint density at radius 2 is 0.750 bits per heavy atom. The first-order chi connectivity index (χ1) is 0. The van der Waals surface area contributed by atoms with Gasteiger partial charge in [-0.3, -0.25) is 0 Å². The van der Waals surface area contributed by atoms with E-state index in [0.29, 0.717) is 0 Å². The molecule has 4 heteroatoms. The van der Waals surface area contributed by atoms with E-state index in [4.69, 9.17) is 0 Å². The third-order valence-corrected chi connectivity index (χ3v) is 0. The maximum absolute atomic E-state index is 0. The second kappa shape index (κ2) is 19.9. The van der Waals surface area contributed by atoms with Crippen molar-refractivity contribution in [2.24, 2.45) is 0 Å². The molecular formula is H9AlMg2O. The summed E-state index contributed by atoms with van der Waals surface area (Å²) in [6.45, 7) is 0. The fraction of sp³-hybridized carbons (Fsp3) is 0. The molecule has 0 saturated carbocycles. The van der Waals surface area contributed by atoms with Gasteiger partial charge in [-0.05, 0) is 0 Å². The lowest BCUT2D eigenvalue weighted by atomic mass is 16.0. The summed E-state index contributed by atoms with van der Waals surface area (Å²) < 4.78 is 0. The van der Waals surface area contributed by atoms with Crippen molar-refractivity contribution in [3.63, 3.8) is 0 Å². The summed E-state index contributed by atoms with van der Waals surface area (Å²) in [7, 11) is 0. The van der Waals surface area contributed by atoms with Crippen LogP contribution in [0.15, 0.2) is 0 Å². The molecule has 0 atom stereocenters. The molecule has 1 nitrogen and oxygen atoms in total. The third kappa shape index (κ3) is 8.98. The highest BCUT2D eigenvalue weighted by Crippen LogP contribution is -0.289. The highest BCUT2D eigenvalue weighted by atomic mass is 27.0. The monoisotopic (exact) mass is 100 g/mol. The second-order valence-corrected chi connectivity index (χ2v) is 0. The van der Waals surface area contributed by atoms with E-state index in [9.17, 15) is 0 Å². The van der Waals surface area contributed by atoms with Gasteiger partial charge in [0.25, 0.3) is 0 Å². The van der Waals surface area contributed by atoms with Crippen LogP contribution >= 0.6 is 0 Å². The van der Waals surface area contributed by atoms with Gasteiger partial charge in [0.15, 0.2) is 17.4 Å². The molecule has 0 aliphatic rings. The fourth-order valence-corrected chi connectivity index (χ4v) is 0. The Labute approximate surface area is 68.3 Å². The highest BCUT2D eigenvalue weighted by molar-refractivity contribution is 5.76. The van der Waals surface area contributed by atoms with Crippen LogP contribution in [0.25, 0.3) is 0 Å². The summed E-state index contributed by atoms with van der Waals surface area (Å²) in [6, 6.07) is 0. The van der Waals surface area contributed by atoms with Crippen molar-refractivity contribution in [1.29, 1.82) is 0 Å². The minimum Gasteiger partial charge on any atom is -0.412 e. The van der Waals surface area contributed by atoms with E-state index in [1.807, 2.05) is 0 Å². The van der Waals surface area contributed by atoms with E-state index in [0.717, 1.165) is 0 Å². The largest absolute Gasteiger partial charge is 0.412 e. The molecule has 22 valence electrons. The number of rotatable bonds is 0. The van der Waals surface area contributed by atoms with E-state index < -0.39 is 0 Å². The Bertz CT molecular complexity index is 6.00. The first-order valence-electron chi connectivity index (χ1n) is 0. The molecule has 0 aromatic carbocycles. The van der Waals surface area contributed by atoms with Gasteiger partial charge in [-0.1, -0.05) is 0 Å². The molecule has 0 rings (SSSR count).